The Morgan fingerprint density at radius 1 is 1.00 bits per heavy atom. The maximum absolute atomic E-state index is 5.90. The highest BCUT2D eigenvalue weighted by atomic mass is 127. The van der Waals surface area contributed by atoms with Crippen LogP contribution in [0.4, 0.5) is 0 Å². The Bertz CT molecular complexity index is 336. The van der Waals surface area contributed by atoms with Crippen molar-refractivity contribution in [3.8, 4) is 0 Å². The lowest BCUT2D eigenvalue weighted by Crippen LogP contribution is -1.86. The van der Waals surface area contributed by atoms with Crippen molar-refractivity contribution in [2.75, 3.05) is 0 Å². The van der Waals surface area contributed by atoms with E-state index in [0.29, 0.717) is 15.6 Å². The standard InChI is InChI=1S/C7H2Cl5I/c8-3-1-2(7(12)13)4(9)6(11)5(3)10/h1,7H. The van der Waals surface area contributed by atoms with Gasteiger partial charge in [-0.05, 0) is 6.07 Å². The molecule has 0 aliphatic carbocycles. The molecule has 0 saturated heterocycles. The average molecular weight is 390 g/mol. The normalized spacial score (nSPS) is 13.1. The lowest BCUT2D eigenvalue weighted by Gasteiger charge is -2.09. The predicted molar refractivity (Wildman–Crippen MR) is 69.1 cm³/mol. The third-order valence-corrected chi connectivity index (χ3v) is 4.04. The molecule has 72 valence electrons. The fourth-order valence-electron chi connectivity index (χ4n) is 0.750. The van der Waals surface area contributed by atoms with Gasteiger partial charge in [0.15, 0.2) is 0 Å². The highest BCUT2D eigenvalue weighted by Crippen LogP contribution is 2.43. The maximum Gasteiger partial charge on any atom is 0.111 e. The third kappa shape index (κ3) is 2.70. The van der Waals surface area contributed by atoms with Crippen molar-refractivity contribution in [1.82, 2.24) is 0 Å². The summed E-state index contributed by atoms with van der Waals surface area (Å²) in [7, 11) is 0. The van der Waals surface area contributed by atoms with Crippen LogP contribution in [-0.2, 0) is 0 Å². The van der Waals surface area contributed by atoms with Gasteiger partial charge < -0.3 is 0 Å². The van der Waals surface area contributed by atoms with Crippen molar-refractivity contribution in [3.05, 3.63) is 31.7 Å². The van der Waals surface area contributed by atoms with E-state index in [0.717, 1.165) is 0 Å². The Hall–Kier alpha value is 1.40. The number of hydrogen-bond donors (Lipinski definition) is 0. The first kappa shape index (κ1) is 12.5. The largest absolute Gasteiger partial charge is 0.111 e. The first-order chi connectivity index (χ1) is 5.95. The summed E-state index contributed by atoms with van der Waals surface area (Å²) in [6.07, 6.45) is 0. The van der Waals surface area contributed by atoms with Gasteiger partial charge in [-0.25, -0.2) is 0 Å². The van der Waals surface area contributed by atoms with E-state index in [1.54, 1.807) is 6.07 Å². The van der Waals surface area contributed by atoms with E-state index in [1.165, 1.54) is 0 Å². The summed E-state index contributed by atoms with van der Waals surface area (Å²) in [6, 6.07) is 1.61. The minimum absolute atomic E-state index is 0.244. The number of alkyl halides is 2. The average Bonchev–Trinajstić information content (AvgIpc) is 2.07. The minimum Gasteiger partial charge on any atom is -0.106 e. The van der Waals surface area contributed by atoms with Crippen molar-refractivity contribution in [2.24, 2.45) is 0 Å². The van der Waals surface area contributed by atoms with Crippen LogP contribution in [0.15, 0.2) is 6.07 Å². The zero-order valence-corrected chi connectivity index (χ0v) is 11.9. The van der Waals surface area contributed by atoms with Gasteiger partial charge in [-0.2, -0.15) is 0 Å². The monoisotopic (exact) mass is 388 g/mol. The summed E-state index contributed by atoms with van der Waals surface area (Å²) in [5, 5.41) is 1.21. The molecule has 0 heterocycles. The van der Waals surface area contributed by atoms with Gasteiger partial charge in [0.1, 0.15) is 3.38 Å². The van der Waals surface area contributed by atoms with Crippen LogP contribution in [0, 0.1) is 0 Å². The predicted octanol–water partition coefficient (Wildman–Crippen LogP) is 5.97. The molecule has 0 radical (unpaired) electrons. The molecule has 0 saturated carbocycles. The molecule has 0 nitrogen and oxygen atoms in total. The zero-order valence-electron chi connectivity index (χ0n) is 5.92. The van der Waals surface area contributed by atoms with Gasteiger partial charge in [0.2, 0.25) is 0 Å². The lowest BCUT2D eigenvalue weighted by molar-refractivity contribution is 1.41. The summed E-state index contributed by atoms with van der Waals surface area (Å²) < 4.78 is -0.280. The van der Waals surface area contributed by atoms with E-state index in [4.69, 9.17) is 58.0 Å². The van der Waals surface area contributed by atoms with Gasteiger partial charge >= 0.3 is 0 Å². The summed E-state index contributed by atoms with van der Waals surface area (Å²) in [5.41, 5.74) is 0.670. The van der Waals surface area contributed by atoms with Crippen LogP contribution in [0.2, 0.25) is 20.1 Å². The topological polar surface area (TPSA) is 0 Å². The summed E-state index contributed by atoms with van der Waals surface area (Å²) in [5.74, 6) is 0. The molecule has 0 aromatic heterocycles. The third-order valence-electron chi connectivity index (χ3n) is 1.37. The van der Waals surface area contributed by atoms with Crippen LogP contribution < -0.4 is 0 Å². The van der Waals surface area contributed by atoms with Gasteiger partial charge in [-0.1, -0.05) is 69.0 Å². The van der Waals surface area contributed by atoms with Crippen LogP contribution in [0.5, 0.6) is 0 Å². The molecule has 6 heteroatoms. The van der Waals surface area contributed by atoms with Crippen molar-refractivity contribution < 1.29 is 0 Å². The fourth-order valence-corrected chi connectivity index (χ4v) is 2.58. The molecular weight excluding hydrogens is 388 g/mol. The van der Waals surface area contributed by atoms with Crippen LogP contribution in [0.3, 0.4) is 0 Å². The summed E-state index contributed by atoms with van der Waals surface area (Å²) >= 11 is 31.1. The summed E-state index contributed by atoms with van der Waals surface area (Å²) in [4.78, 5) is 0. The molecule has 0 aliphatic rings. The van der Waals surface area contributed by atoms with E-state index in [2.05, 4.69) is 0 Å². The molecule has 0 spiro atoms. The molecule has 0 bridgehead atoms. The first-order valence-corrected chi connectivity index (χ1v) is 6.25. The second-order valence-corrected chi connectivity index (χ2v) is 6.15. The van der Waals surface area contributed by atoms with E-state index in [1.807, 2.05) is 22.6 Å². The Kier molecular flexibility index (Phi) is 4.75. The second-order valence-electron chi connectivity index (χ2n) is 2.19. The molecule has 1 aromatic carbocycles. The molecule has 1 aromatic rings. The number of rotatable bonds is 1. The van der Waals surface area contributed by atoms with Crippen LogP contribution in [0.25, 0.3) is 0 Å². The molecule has 1 rings (SSSR count). The minimum atomic E-state index is -0.280. The van der Waals surface area contributed by atoms with E-state index >= 15 is 0 Å². The Balaban J connectivity index is 3.41. The molecule has 13 heavy (non-hydrogen) atoms. The second kappa shape index (κ2) is 4.95. The fraction of sp³-hybridized carbons (Fsp3) is 0.143. The van der Waals surface area contributed by atoms with E-state index < -0.39 is 0 Å². The first-order valence-electron chi connectivity index (χ1n) is 3.06. The van der Waals surface area contributed by atoms with Gasteiger partial charge in [0.25, 0.3) is 0 Å². The van der Waals surface area contributed by atoms with Gasteiger partial charge in [-0.15, -0.1) is 11.6 Å². The molecule has 0 aliphatic heterocycles. The smallest absolute Gasteiger partial charge is 0.106 e. The molecule has 0 amide bonds. The van der Waals surface area contributed by atoms with Crippen LogP contribution in [0.1, 0.15) is 8.95 Å². The molecule has 1 atom stereocenters. The highest BCUT2D eigenvalue weighted by molar-refractivity contribution is 14.1. The lowest BCUT2D eigenvalue weighted by atomic mass is 10.2. The van der Waals surface area contributed by atoms with Crippen LogP contribution >= 0.6 is 80.6 Å². The summed E-state index contributed by atoms with van der Waals surface area (Å²) in [6.45, 7) is 0. The Labute approximate surface area is 115 Å². The number of halogens is 6. The maximum atomic E-state index is 5.90. The Morgan fingerprint density at radius 2 is 1.54 bits per heavy atom. The van der Waals surface area contributed by atoms with Gasteiger partial charge in [0, 0.05) is 5.56 Å². The van der Waals surface area contributed by atoms with Crippen molar-refractivity contribution in [3.63, 3.8) is 0 Å². The molecule has 1 unspecified atom stereocenters. The van der Waals surface area contributed by atoms with Gasteiger partial charge in [-0.3, -0.25) is 0 Å². The molecular formula is C7H2Cl5I. The molecule has 0 fully saturated rings. The van der Waals surface area contributed by atoms with Crippen molar-refractivity contribution in [2.45, 2.75) is 3.38 Å². The van der Waals surface area contributed by atoms with E-state index in [-0.39, 0.29) is 13.4 Å². The van der Waals surface area contributed by atoms with Crippen LogP contribution in [-0.4, -0.2) is 0 Å². The highest BCUT2D eigenvalue weighted by Gasteiger charge is 2.16. The molecule has 0 N–H and O–H groups in total. The van der Waals surface area contributed by atoms with Crippen molar-refractivity contribution >= 4 is 80.6 Å². The SMILES string of the molecule is Clc1cc(C(Cl)I)c(Cl)c(Cl)c1Cl. The Morgan fingerprint density at radius 3 is 2.00 bits per heavy atom. The van der Waals surface area contributed by atoms with E-state index in [9.17, 15) is 0 Å². The quantitative estimate of drug-likeness (QED) is 0.240. The zero-order chi connectivity index (χ0) is 10.2. The van der Waals surface area contributed by atoms with Gasteiger partial charge in [0.05, 0.1) is 20.1 Å². The number of benzene rings is 1. The number of hydrogen-bond acceptors (Lipinski definition) is 0. The van der Waals surface area contributed by atoms with Crippen molar-refractivity contribution in [1.29, 1.82) is 0 Å².